The van der Waals surface area contributed by atoms with Crippen LogP contribution in [0, 0.1) is 5.82 Å². The lowest BCUT2D eigenvalue weighted by Crippen LogP contribution is -2.47. The average molecular weight is 457 g/mol. The fraction of sp³-hybridized carbons (Fsp3) is 0.360. The molecule has 0 spiro atoms. The van der Waals surface area contributed by atoms with Crippen LogP contribution in [0.5, 0.6) is 11.5 Å². The number of nitrogens with one attached hydrogen (secondary N) is 1. The SMILES string of the molecule is CCCN1C(=S)NC(c2ccc(OCc3ccccc3F)c(OCC)c2)C(C(C)=O)=C1C. The number of Topliss-reactive ketones (excluding diaryl/α,β-unsaturated/α-hetero) is 1. The van der Waals surface area contributed by atoms with E-state index in [1.165, 1.54) is 6.07 Å². The fourth-order valence-electron chi connectivity index (χ4n) is 3.84. The van der Waals surface area contributed by atoms with E-state index in [2.05, 4.69) is 12.2 Å². The first-order valence-corrected chi connectivity index (χ1v) is 11.2. The van der Waals surface area contributed by atoms with E-state index in [0.717, 1.165) is 24.2 Å². The van der Waals surface area contributed by atoms with Crippen LogP contribution in [0.1, 0.15) is 51.3 Å². The van der Waals surface area contributed by atoms with Crippen LogP contribution >= 0.6 is 12.2 Å². The van der Waals surface area contributed by atoms with Gasteiger partial charge in [-0.15, -0.1) is 0 Å². The summed E-state index contributed by atoms with van der Waals surface area (Å²) in [6.45, 7) is 8.73. The smallest absolute Gasteiger partial charge is 0.173 e. The Bertz CT molecular complexity index is 1040. The third kappa shape index (κ3) is 5.10. The first-order chi connectivity index (χ1) is 15.4. The zero-order valence-electron chi connectivity index (χ0n) is 18.9. The molecule has 0 saturated carbocycles. The summed E-state index contributed by atoms with van der Waals surface area (Å²) in [7, 11) is 0. The number of benzene rings is 2. The van der Waals surface area contributed by atoms with E-state index in [4.69, 9.17) is 21.7 Å². The van der Waals surface area contributed by atoms with Gasteiger partial charge in [0.2, 0.25) is 0 Å². The van der Waals surface area contributed by atoms with Crippen LogP contribution in [0.3, 0.4) is 0 Å². The molecule has 0 bridgehead atoms. The maximum atomic E-state index is 14.0. The van der Waals surface area contributed by atoms with E-state index in [9.17, 15) is 9.18 Å². The Labute approximate surface area is 194 Å². The van der Waals surface area contributed by atoms with Gasteiger partial charge in [-0.05, 0) is 63.2 Å². The molecule has 2 aromatic rings. The number of allylic oxidation sites excluding steroid dienone is 1. The van der Waals surface area contributed by atoms with E-state index in [-0.39, 0.29) is 24.2 Å². The summed E-state index contributed by atoms with van der Waals surface area (Å²) in [4.78, 5) is 14.5. The topological polar surface area (TPSA) is 50.8 Å². The van der Waals surface area contributed by atoms with E-state index in [1.807, 2.05) is 30.9 Å². The molecule has 1 unspecified atom stereocenters. The minimum Gasteiger partial charge on any atom is -0.490 e. The third-order valence-electron chi connectivity index (χ3n) is 5.36. The lowest BCUT2D eigenvalue weighted by molar-refractivity contribution is -0.114. The number of carbonyl (C=O) groups excluding carboxylic acids is 1. The van der Waals surface area contributed by atoms with Gasteiger partial charge in [0.15, 0.2) is 22.4 Å². The molecule has 7 heteroatoms. The predicted octanol–water partition coefficient (Wildman–Crippen LogP) is 5.31. The minimum atomic E-state index is -0.382. The lowest BCUT2D eigenvalue weighted by atomic mass is 9.92. The maximum absolute atomic E-state index is 14.0. The zero-order valence-corrected chi connectivity index (χ0v) is 19.7. The molecule has 1 heterocycles. The Morgan fingerprint density at radius 2 is 1.91 bits per heavy atom. The highest BCUT2D eigenvalue weighted by Gasteiger charge is 2.32. The van der Waals surface area contributed by atoms with Crippen molar-refractivity contribution in [2.24, 2.45) is 0 Å². The van der Waals surface area contributed by atoms with Gasteiger partial charge in [0, 0.05) is 23.4 Å². The zero-order chi connectivity index (χ0) is 23.3. The molecule has 5 nitrogen and oxygen atoms in total. The standard InChI is InChI=1S/C25H29FN2O3S/c1-5-13-28-16(3)23(17(4)29)24(27-25(28)32)18-11-12-21(22(14-18)30-6-2)31-15-19-9-7-8-10-20(19)26/h7-12,14,24H,5-6,13,15H2,1-4H3,(H,27,32). The number of hydrogen-bond acceptors (Lipinski definition) is 4. The molecule has 1 atom stereocenters. The molecule has 3 rings (SSSR count). The van der Waals surface area contributed by atoms with Crippen molar-refractivity contribution in [2.45, 2.75) is 46.8 Å². The molecular formula is C25H29FN2O3S. The molecule has 0 aromatic heterocycles. The number of ketones is 1. The first-order valence-electron chi connectivity index (χ1n) is 10.8. The third-order valence-corrected chi connectivity index (χ3v) is 5.70. The van der Waals surface area contributed by atoms with Crippen molar-refractivity contribution >= 4 is 23.1 Å². The van der Waals surface area contributed by atoms with Crippen LogP contribution in [-0.2, 0) is 11.4 Å². The Kier molecular flexibility index (Phi) is 7.85. The molecule has 0 saturated heterocycles. The summed E-state index contributed by atoms with van der Waals surface area (Å²) in [5.74, 6) is 0.715. The number of hydrogen-bond donors (Lipinski definition) is 1. The maximum Gasteiger partial charge on any atom is 0.173 e. The van der Waals surface area contributed by atoms with E-state index in [0.29, 0.717) is 34.4 Å². The van der Waals surface area contributed by atoms with Gasteiger partial charge in [-0.25, -0.2) is 4.39 Å². The highest BCUT2D eigenvalue weighted by atomic mass is 32.1. The van der Waals surface area contributed by atoms with Crippen molar-refractivity contribution in [1.82, 2.24) is 10.2 Å². The van der Waals surface area contributed by atoms with Gasteiger partial charge in [-0.1, -0.05) is 31.2 Å². The van der Waals surface area contributed by atoms with E-state index < -0.39 is 0 Å². The van der Waals surface area contributed by atoms with Gasteiger partial charge in [-0.3, -0.25) is 4.79 Å². The van der Waals surface area contributed by atoms with Gasteiger partial charge in [0.05, 0.1) is 12.6 Å². The molecule has 1 aliphatic heterocycles. The van der Waals surface area contributed by atoms with Gasteiger partial charge >= 0.3 is 0 Å². The van der Waals surface area contributed by atoms with Crippen molar-refractivity contribution in [1.29, 1.82) is 0 Å². The Morgan fingerprint density at radius 3 is 2.56 bits per heavy atom. The number of nitrogens with zero attached hydrogens (tertiary/aromatic N) is 1. The molecule has 32 heavy (non-hydrogen) atoms. The van der Waals surface area contributed by atoms with Crippen molar-refractivity contribution < 1.29 is 18.7 Å². The number of rotatable bonds is 9. The highest BCUT2D eigenvalue weighted by Crippen LogP contribution is 2.36. The number of carbonyl (C=O) groups is 1. The Hall–Kier alpha value is -2.93. The summed E-state index contributed by atoms with van der Waals surface area (Å²) in [6.07, 6.45) is 0.914. The highest BCUT2D eigenvalue weighted by molar-refractivity contribution is 7.80. The normalized spacial score (nSPS) is 16.1. The molecule has 170 valence electrons. The van der Waals surface area contributed by atoms with Crippen LogP contribution in [0.15, 0.2) is 53.7 Å². The quantitative estimate of drug-likeness (QED) is 0.516. The van der Waals surface area contributed by atoms with Crippen molar-refractivity contribution in [3.8, 4) is 11.5 Å². The lowest BCUT2D eigenvalue weighted by Gasteiger charge is -2.37. The molecule has 0 aliphatic carbocycles. The molecule has 1 aliphatic rings. The second-order valence-corrected chi connectivity index (χ2v) is 8.00. The molecule has 0 fully saturated rings. The summed E-state index contributed by atoms with van der Waals surface area (Å²) < 4.78 is 25.6. The molecule has 0 radical (unpaired) electrons. The van der Waals surface area contributed by atoms with E-state index in [1.54, 1.807) is 31.2 Å². The predicted molar refractivity (Wildman–Crippen MR) is 127 cm³/mol. The van der Waals surface area contributed by atoms with Crippen molar-refractivity contribution in [3.05, 3.63) is 70.7 Å². The molecule has 1 N–H and O–H groups in total. The van der Waals surface area contributed by atoms with Crippen LogP contribution in [0.2, 0.25) is 0 Å². The van der Waals surface area contributed by atoms with E-state index >= 15 is 0 Å². The summed E-state index contributed by atoms with van der Waals surface area (Å²) in [6, 6.07) is 11.6. The monoisotopic (exact) mass is 456 g/mol. The number of thiocarbonyl (C=S) groups is 1. The number of halogens is 1. The summed E-state index contributed by atoms with van der Waals surface area (Å²) >= 11 is 5.58. The molecule has 2 aromatic carbocycles. The molecular weight excluding hydrogens is 427 g/mol. The van der Waals surface area contributed by atoms with Crippen LogP contribution in [0.4, 0.5) is 4.39 Å². The van der Waals surface area contributed by atoms with Crippen LogP contribution in [-0.4, -0.2) is 28.9 Å². The Balaban J connectivity index is 1.93. The fourth-order valence-corrected chi connectivity index (χ4v) is 4.19. The van der Waals surface area contributed by atoms with Gasteiger partial charge < -0.3 is 19.7 Å². The first kappa shape index (κ1) is 23.7. The summed E-state index contributed by atoms with van der Waals surface area (Å²) in [5.41, 5.74) is 2.85. The van der Waals surface area contributed by atoms with Gasteiger partial charge in [0.25, 0.3) is 0 Å². The van der Waals surface area contributed by atoms with Crippen LogP contribution < -0.4 is 14.8 Å². The van der Waals surface area contributed by atoms with Crippen LogP contribution in [0.25, 0.3) is 0 Å². The van der Waals surface area contributed by atoms with Crippen molar-refractivity contribution in [3.63, 3.8) is 0 Å². The second-order valence-electron chi connectivity index (χ2n) is 7.61. The minimum absolute atomic E-state index is 0.0126. The molecule has 0 amide bonds. The van der Waals surface area contributed by atoms with Gasteiger partial charge in [-0.2, -0.15) is 0 Å². The number of ether oxygens (including phenoxy) is 2. The summed E-state index contributed by atoms with van der Waals surface area (Å²) in [5, 5.41) is 3.91. The average Bonchev–Trinajstić information content (AvgIpc) is 2.76. The Morgan fingerprint density at radius 1 is 1.16 bits per heavy atom. The van der Waals surface area contributed by atoms with Gasteiger partial charge in [0.1, 0.15) is 12.4 Å². The second kappa shape index (κ2) is 10.6. The van der Waals surface area contributed by atoms with Crippen molar-refractivity contribution in [2.75, 3.05) is 13.2 Å². The largest absolute Gasteiger partial charge is 0.490 e.